The van der Waals surface area contributed by atoms with E-state index in [1.165, 1.54) is 0 Å². The quantitative estimate of drug-likeness (QED) is 0.858. The summed E-state index contributed by atoms with van der Waals surface area (Å²) in [4.78, 5) is 11.4. The minimum Gasteiger partial charge on any atom is -0.351 e. The lowest BCUT2D eigenvalue weighted by Crippen LogP contribution is -2.32. The summed E-state index contributed by atoms with van der Waals surface area (Å²) in [6.07, 6.45) is 0. The smallest absolute Gasteiger partial charge is 0.262 e. The first kappa shape index (κ1) is 17.2. The molecule has 4 nitrogen and oxygen atoms in total. The molecule has 112 valence electrons. The van der Waals surface area contributed by atoms with Crippen LogP contribution in [0.1, 0.15) is 31.1 Å². The fourth-order valence-corrected chi connectivity index (χ4v) is 2.84. The Balaban J connectivity index is 3.16. The number of amides is 1. The van der Waals surface area contributed by atoms with Gasteiger partial charge in [-0.2, -0.15) is 0 Å². The van der Waals surface area contributed by atoms with Crippen LogP contribution in [0.5, 0.6) is 0 Å². The molecule has 0 aliphatic rings. The van der Waals surface area contributed by atoms with E-state index >= 15 is 0 Å². The number of carbonyl (C=O) groups excluding carboxylic acids is 1. The molecule has 1 aromatic carbocycles. The van der Waals surface area contributed by atoms with Gasteiger partial charge in [-0.15, -0.1) is 0 Å². The van der Waals surface area contributed by atoms with Crippen molar-refractivity contribution >= 4 is 37.2 Å². The fraction of sp³-hybridized carbons (Fsp3) is 0.417. The van der Waals surface area contributed by atoms with Gasteiger partial charge in [-0.1, -0.05) is 32.4 Å². The Bertz CT molecular complexity index is 639. The van der Waals surface area contributed by atoms with Gasteiger partial charge >= 0.3 is 0 Å². The van der Waals surface area contributed by atoms with E-state index in [4.69, 9.17) is 22.3 Å². The molecule has 0 unspecified atom stereocenters. The maximum atomic E-state index is 13.7. The lowest BCUT2D eigenvalue weighted by atomic mass is 9.97. The van der Waals surface area contributed by atoms with Crippen molar-refractivity contribution in [2.45, 2.75) is 25.7 Å². The Morgan fingerprint density at radius 3 is 2.35 bits per heavy atom. The Hall–Kier alpha value is -0.850. The standard InChI is InChI=1S/C12H14Cl2FNO3S/c1-12(2,3)6-16-11(17)7-4-10(20(14,18)19)8(13)5-9(7)15/h4-5H,6H2,1-3H3,(H,16,17). The van der Waals surface area contributed by atoms with Crippen LogP contribution in [0.3, 0.4) is 0 Å². The predicted molar refractivity (Wildman–Crippen MR) is 76.2 cm³/mol. The lowest BCUT2D eigenvalue weighted by molar-refractivity contribution is 0.0935. The second kappa shape index (κ2) is 5.87. The van der Waals surface area contributed by atoms with E-state index < -0.39 is 31.2 Å². The minimum absolute atomic E-state index is 0.194. The highest BCUT2D eigenvalue weighted by molar-refractivity contribution is 8.13. The number of nitrogens with one attached hydrogen (secondary N) is 1. The van der Waals surface area contributed by atoms with Crippen molar-refractivity contribution in [3.05, 3.63) is 28.5 Å². The zero-order chi connectivity index (χ0) is 15.7. The van der Waals surface area contributed by atoms with Crippen LogP contribution < -0.4 is 5.32 Å². The minimum atomic E-state index is -4.16. The molecule has 0 saturated heterocycles. The summed E-state index contributed by atoms with van der Waals surface area (Å²) in [7, 11) is 1.02. The van der Waals surface area contributed by atoms with E-state index in [0.717, 1.165) is 12.1 Å². The van der Waals surface area contributed by atoms with Gasteiger partial charge in [0.2, 0.25) is 0 Å². The maximum Gasteiger partial charge on any atom is 0.262 e. The molecule has 0 aliphatic heterocycles. The molecule has 1 N–H and O–H groups in total. The zero-order valence-corrected chi connectivity index (χ0v) is 13.5. The summed E-state index contributed by atoms with van der Waals surface area (Å²) in [6, 6.07) is 1.58. The van der Waals surface area contributed by atoms with Crippen LogP contribution in [-0.2, 0) is 9.05 Å². The molecule has 20 heavy (non-hydrogen) atoms. The van der Waals surface area contributed by atoms with Crippen LogP contribution in [0.15, 0.2) is 17.0 Å². The summed E-state index contributed by atoms with van der Waals surface area (Å²) in [5.74, 6) is -1.64. The highest BCUT2D eigenvalue weighted by atomic mass is 35.7. The molecule has 0 bridgehead atoms. The Kier molecular flexibility index (Phi) is 5.05. The van der Waals surface area contributed by atoms with Crippen molar-refractivity contribution in [2.24, 2.45) is 5.41 Å². The van der Waals surface area contributed by atoms with Crippen LogP contribution in [0, 0.1) is 11.2 Å². The number of halogens is 3. The van der Waals surface area contributed by atoms with Crippen molar-refractivity contribution in [1.29, 1.82) is 0 Å². The van der Waals surface area contributed by atoms with Crippen molar-refractivity contribution in [1.82, 2.24) is 5.32 Å². The van der Waals surface area contributed by atoms with E-state index in [-0.39, 0.29) is 10.4 Å². The molecule has 0 aliphatic carbocycles. The number of hydrogen-bond donors (Lipinski definition) is 1. The molecular formula is C12H14Cl2FNO3S. The SMILES string of the molecule is CC(C)(C)CNC(=O)c1cc(S(=O)(=O)Cl)c(Cl)cc1F. The molecule has 0 spiro atoms. The number of benzene rings is 1. The van der Waals surface area contributed by atoms with Crippen molar-refractivity contribution in [3.8, 4) is 0 Å². The van der Waals surface area contributed by atoms with Crippen molar-refractivity contribution in [2.75, 3.05) is 6.54 Å². The van der Waals surface area contributed by atoms with Gasteiger partial charge in [0.15, 0.2) is 0 Å². The van der Waals surface area contributed by atoms with Crippen molar-refractivity contribution in [3.63, 3.8) is 0 Å². The molecule has 0 atom stereocenters. The second-order valence-electron chi connectivity index (χ2n) is 5.44. The number of hydrogen-bond acceptors (Lipinski definition) is 3. The second-order valence-corrected chi connectivity index (χ2v) is 8.39. The molecule has 0 aromatic heterocycles. The topological polar surface area (TPSA) is 63.2 Å². The highest BCUT2D eigenvalue weighted by Gasteiger charge is 2.22. The monoisotopic (exact) mass is 341 g/mol. The summed E-state index contributed by atoms with van der Waals surface area (Å²) in [5, 5.41) is 2.15. The van der Waals surface area contributed by atoms with Gasteiger partial charge in [-0.05, 0) is 17.5 Å². The summed E-state index contributed by atoms with van der Waals surface area (Å²) >= 11 is 5.61. The Morgan fingerprint density at radius 1 is 1.35 bits per heavy atom. The molecule has 0 fully saturated rings. The van der Waals surface area contributed by atoms with Gasteiger partial charge in [-0.25, -0.2) is 12.8 Å². The van der Waals surface area contributed by atoms with E-state index in [1.807, 2.05) is 20.8 Å². The summed E-state index contributed by atoms with van der Waals surface area (Å²) in [6.45, 7) is 5.97. The molecule has 1 aromatic rings. The first-order chi connectivity index (χ1) is 8.92. The summed E-state index contributed by atoms with van der Waals surface area (Å²) in [5.41, 5.74) is -0.613. The van der Waals surface area contributed by atoms with Gasteiger partial charge in [-0.3, -0.25) is 4.79 Å². The third kappa shape index (κ3) is 4.61. The first-order valence-corrected chi connectivity index (χ1v) is 8.32. The fourth-order valence-electron chi connectivity index (χ4n) is 1.33. The van der Waals surface area contributed by atoms with Crippen LogP contribution in [0.4, 0.5) is 4.39 Å². The van der Waals surface area contributed by atoms with Crippen molar-refractivity contribution < 1.29 is 17.6 Å². The molecular weight excluding hydrogens is 328 g/mol. The van der Waals surface area contributed by atoms with Gasteiger partial charge in [0.05, 0.1) is 10.6 Å². The normalized spacial score (nSPS) is 12.3. The molecule has 0 saturated carbocycles. The van der Waals surface area contributed by atoms with Crippen LogP contribution in [0.2, 0.25) is 5.02 Å². The molecule has 1 amide bonds. The highest BCUT2D eigenvalue weighted by Crippen LogP contribution is 2.27. The van der Waals surface area contributed by atoms with Crippen LogP contribution in [0.25, 0.3) is 0 Å². The summed E-state index contributed by atoms with van der Waals surface area (Å²) < 4.78 is 36.3. The average molecular weight is 342 g/mol. The van der Waals surface area contributed by atoms with E-state index in [0.29, 0.717) is 6.54 Å². The third-order valence-electron chi connectivity index (χ3n) is 2.31. The molecule has 0 radical (unpaired) electrons. The first-order valence-electron chi connectivity index (χ1n) is 5.64. The Morgan fingerprint density at radius 2 is 1.90 bits per heavy atom. The van der Waals surface area contributed by atoms with Crippen LogP contribution >= 0.6 is 22.3 Å². The average Bonchev–Trinajstić information content (AvgIpc) is 2.23. The van der Waals surface area contributed by atoms with Gasteiger partial charge in [0, 0.05) is 17.2 Å². The van der Waals surface area contributed by atoms with E-state index in [2.05, 4.69) is 5.32 Å². The molecule has 0 heterocycles. The number of rotatable bonds is 3. The molecule has 8 heteroatoms. The predicted octanol–water partition coefficient (Wildman–Crippen LogP) is 3.18. The third-order valence-corrected chi connectivity index (χ3v) is 4.09. The van der Waals surface area contributed by atoms with Gasteiger partial charge in [0.25, 0.3) is 15.0 Å². The van der Waals surface area contributed by atoms with E-state index in [9.17, 15) is 17.6 Å². The lowest BCUT2D eigenvalue weighted by Gasteiger charge is -2.19. The largest absolute Gasteiger partial charge is 0.351 e. The number of carbonyl (C=O) groups is 1. The molecule has 1 rings (SSSR count). The van der Waals surface area contributed by atoms with E-state index in [1.54, 1.807) is 0 Å². The van der Waals surface area contributed by atoms with Gasteiger partial charge in [0.1, 0.15) is 10.7 Å². The van der Waals surface area contributed by atoms with Gasteiger partial charge < -0.3 is 5.32 Å². The van der Waals surface area contributed by atoms with Crippen LogP contribution in [-0.4, -0.2) is 20.9 Å². The zero-order valence-electron chi connectivity index (χ0n) is 11.1. The maximum absolute atomic E-state index is 13.7. The Labute approximate surface area is 126 Å².